The van der Waals surface area contributed by atoms with Gasteiger partial charge in [0.1, 0.15) is 5.60 Å². The zero-order chi connectivity index (χ0) is 13.6. The van der Waals surface area contributed by atoms with Gasteiger partial charge in [0.2, 0.25) is 0 Å². The molecule has 4 nitrogen and oxygen atoms in total. The summed E-state index contributed by atoms with van der Waals surface area (Å²) in [5.74, 6) is -0.197. The fraction of sp³-hybridized carbons (Fsp3) is 0.857. The van der Waals surface area contributed by atoms with E-state index >= 15 is 0 Å². The molecular formula is C14H24O4. The summed E-state index contributed by atoms with van der Waals surface area (Å²) in [5, 5.41) is 0. The molecule has 0 amide bonds. The normalized spacial score (nSPS) is 16.6. The average molecular weight is 256 g/mol. The van der Waals surface area contributed by atoms with E-state index in [1.807, 2.05) is 13.8 Å². The second kappa shape index (κ2) is 6.76. The largest absolute Gasteiger partial charge is 0.466 e. The molecule has 0 aromatic rings. The number of hydrogen-bond donors (Lipinski definition) is 0. The van der Waals surface area contributed by atoms with Crippen LogP contribution in [0.25, 0.3) is 0 Å². The molecule has 1 rings (SSSR count). The molecule has 0 unspecified atom stereocenters. The summed E-state index contributed by atoms with van der Waals surface area (Å²) >= 11 is 0. The van der Waals surface area contributed by atoms with E-state index in [4.69, 9.17) is 9.47 Å². The maximum atomic E-state index is 11.7. The van der Waals surface area contributed by atoms with Crippen LogP contribution in [0.15, 0.2) is 0 Å². The lowest BCUT2D eigenvalue weighted by Crippen LogP contribution is -2.35. The van der Waals surface area contributed by atoms with Gasteiger partial charge >= 0.3 is 11.9 Å². The highest BCUT2D eigenvalue weighted by Crippen LogP contribution is 2.36. The third-order valence-corrected chi connectivity index (χ3v) is 3.55. The van der Waals surface area contributed by atoms with Crippen molar-refractivity contribution in [1.82, 2.24) is 0 Å². The molecule has 18 heavy (non-hydrogen) atoms. The quantitative estimate of drug-likeness (QED) is 0.686. The number of ether oxygens (including phenoxy) is 2. The van der Waals surface area contributed by atoms with Gasteiger partial charge in [0.25, 0.3) is 0 Å². The first-order valence-corrected chi connectivity index (χ1v) is 6.83. The van der Waals surface area contributed by atoms with Crippen LogP contribution in [0.2, 0.25) is 0 Å². The molecule has 104 valence electrons. The van der Waals surface area contributed by atoms with Crippen LogP contribution in [0.4, 0.5) is 0 Å². The van der Waals surface area contributed by atoms with E-state index in [0.717, 1.165) is 12.8 Å². The summed E-state index contributed by atoms with van der Waals surface area (Å²) < 4.78 is 10.3. The Balaban J connectivity index is 2.32. The van der Waals surface area contributed by atoms with E-state index < -0.39 is 5.60 Å². The second-order valence-corrected chi connectivity index (χ2v) is 5.36. The van der Waals surface area contributed by atoms with Crippen molar-refractivity contribution < 1.29 is 19.1 Å². The summed E-state index contributed by atoms with van der Waals surface area (Å²) in [6.45, 7) is 6.03. The molecule has 1 saturated carbocycles. The van der Waals surface area contributed by atoms with Crippen LogP contribution in [0, 0.1) is 5.92 Å². The smallest absolute Gasteiger partial charge is 0.306 e. The molecule has 1 aliphatic rings. The van der Waals surface area contributed by atoms with Gasteiger partial charge in [-0.2, -0.15) is 0 Å². The second-order valence-electron chi connectivity index (χ2n) is 5.36. The highest BCUT2D eigenvalue weighted by molar-refractivity contribution is 5.77. The van der Waals surface area contributed by atoms with Gasteiger partial charge in [-0.25, -0.2) is 0 Å². The number of esters is 2. The Morgan fingerprint density at radius 2 is 1.67 bits per heavy atom. The topological polar surface area (TPSA) is 52.6 Å². The van der Waals surface area contributed by atoms with E-state index in [-0.39, 0.29) is 24.8 Å². The third kappa shape index (κ3) is 4.67. The van der Waals surface area contributed by atoms with Crippen molar-refractivity contribution in [2.45, 2.75) is 64.9 Å². The predicted octanol–water partition coefficient (Wildman–Crippen LogP) is 2.84. The van der Waals surface area contributed by atoms with Crippen LogP contribution in [0.3, 0.4) is 0 Å². The molecule has 0 N–H and O–H groups in total. The number of rotatable bonds is 6. The van der Waals surface area contributed by atoms with Gasteiger partial charge in [0.15, 0.2) is 0 Å². The zero-order valence-electron chi connectivity index (χ0n) is 11.7. The lowest BCUT2D eigenvalue weighted by Gasteiger charge is -2.31. The van der Waals surface area contributed by atoms with Crippen molar-refractivity contribution in [2.24, 2.45) is 5.92 Å². The fourth-order valence-electron chi connectivity index (χ4n) is 2.49. The fourth-order valence-corrected chi connectivity index (χ4v) is 2.49. The van der Waals surface area contributed by atoms with Crippen LogP contribution >= 0.6 is 0 Å². The van der Waals surface area contributed by atoms with Gasteiger partial charge in [0, 0.05) is 0 Å². The van der Waals surface area contributed by atoms with Gasteiger partial charge in [-0.3, -0.25) is 9.59 Å². The van der Waals surface area contributed by atoms with E-state index in [1.165, 1.54) is 12.8 Å². The molecule has 0 atom stereocenters. The van der Waals surface area contributed by atoms with Crippen molar-refractivity contribution in [3.63, 3.8) is 0 Å². The molecule has 0 aromatic heterocycles. The Morgan fingerprint density at radius 3 is 2.22 bits per heavy atom. The van der Waals surface area contributed by atoms with E-state index in [0.29, 0.717) is 12.5 Å². The molecule has 0 heterocycles. The molecule has 0 bridgehead atoms. The molecule has 1 aliphatic carbocycles. The molecule has 0 aliphatic heterocycles. The summed E-state index contributed by atoms with van der Waals surface area (Å²) in [5.41, 5.74) is -0.414. The summed E-state index contributed by atoms with van der Waals surface area (Å²) in [4.78, 5) is 22.8. The van der Waals surface area contributed by atoms with Crippen LogP contribution in [0.5, 0.6) is 0 Å². The minimum atomic E-state index is -0.414. The highest BCUT2D eigenvalue weighted by Gasteiger charge is 2.35. The highest BCUT2D eigenvalue weighted by atomic mass is 16.6. The Bertz CT molecular complexity index is 290. The standard InChI is InChI=1S/C14H24O4/c1-4-17-12(15)9-10-13(16)18-14(2,3)11-7-5-6-8-11/h11H,4-10H2,1-3H3. The van der Waals surface area contributed by atoms with Crippen LogP contribution in [0.1, 0.15) is 59.3 Å². The molecular weight excluding hydrogens is 232 g/mol. The van der Waals surface area contributed by atoms with E-state index in [2.05, 4.69) is 0 Å². The lowest BCUT2D eigenvalue weighted by atomic mass is 9.89. The SMILES string of the molecule is CCOC(=O)CCC(=O)OC(C)(C)C1CCCC1. The first-order chi connectivity index (χ1) is 8.45. The lowest BCUT2D eigenvalue weighted by molar-refractivity contribution is -0.163. The Labute approximate surface area is 109 Å². The van der Waals surface area contributed by atoms with Gasteiger partial charge in [0.05, 0.1) is 19.4 Å². The van der Waals surface area contributed by atoms with Crippen molar-refractivity contribution in [3.8, 4) is 0 Å². The molecule has 4 heteroatoms. The monoisotopic (exact) mass is 256 g/mol. The number of hydrogen-bond acceptors (Lipinski definition) is 4. The minimum Gasteiger partial charge on any atom is -0.466 e. The van der Waals surface area contributed by atoms with E-state index in [1.54, 1.807) is 6.92 Å². The van der Waals surface area contributed by atoms with Gasteiger partial charge < -0.3 is 9.47 Å². The number of carbonyl (C=O) groups is 2. The average Bonchev–Trinajstić information content (AvgIpc) is 2.80. The molecule has 0 radical (unpaired) electrons. The van der Waals surface area contributed by atoms with E-state index in [9.17, 15) is 9.59 Å². The van der Waals surface area contributed by atoms with Crippen LogP contribution in [-0.4, -0.2) is 24.1 Å². The van der Waals surface area contributed by atoms with Gasteiger partial charge in [-0.15, -0.1) is 0 Å². The first kappa shape index (κ1) is 15.0. The van der Waals surface area contributed by atoms with Crippen molar-refractivity contribution in [2.75, 3.05) is 6.61 Å². The van der Waals surface area contributed by atoms with Gasteiger partial charge in [-0.05, 0) is 39.5 Å². The summed E-state index contributed by atoms with van der Waals surface area (Å²) in [7, 11) is 0. The maximum absolute atomic E-state index is 11.7. The molecule has 0 spiro atoms. The third-order valence-electron chi connectivity index (χ3n) is 3.55. The summed E-state index contributed by atoms with van der Waals surface area (Å²) in [6, 6.07) is 0. The predicted molar refractivity (Wildman–Crippen MR) is 68.0 cm³/mol. The minimum absolute atomic E-state index is 0.105. The van der Waals surface area contributed by atoms with Crippen molar-refractivity contribution in [1.29, 1.82) is 0 Å². The maximum Gasteiger partial charge on any atom is 0.306 e. The molecule has 1 fully saturated rings. The molecule has 0 aromatic carbocycles. The number of carbonyl (C=O) groups excluding carboxylic acids is 2. The van der Waals surface area contributed by atoms with Crippen molar-refractivity contribution >= 4 is 11.9 Å². The Morgan fingerprint density at radius 1 is 1.11 bits per heavy atom. The van der Waals surface area contributed by atoms with Crippen LogP contribution in [-0.2, 0) is 19.1 Å². The Kier molecular flexibility index (Phi) is 5.63. The van der Waals surface area contributed by atoms with Gasteiger partial charge in [-0.1, -0.05) is 12.8 Å². The van der Waals surface area contributed by atoms with Crippen molar-refractivity contribution in [3.05, 3.63) is 0 Å². The Hall–Kier alpha value is -1.06. The first-order valence-electron chi connectivity index (χ1n) is 6.83. The molecule has 0 saturated heterocycles. The van der Waals surface area contributed by atoms with Crippen LogP contribution < -0.4 is 0 Å². The summed E-state index contributed by atoms with van der Waals surface area (Å²) in [6.07, 6.45) is 4.89. The zero-order valence-corrected chi connectivity index (χ0v) is 11.7.